The standard InChI is InChI=1S/C10H15NO7/c1-5(4-8(14)15)9(16)11-6(10(17)18)2-3-7(12)13/h5-6H,2-4H2,1H3,(H,11,16)(H,12,13)(H,14,15)(H,17,18)/t5-,6+/m0/s1. The van der Waals surface area contributed by atoms with Gasteiger partial charge in [0.25, 0.3) is 0 Å². The molecule has 0 aromatic rings. The first-order chi connectivity index (χ1) is 8.23. The normalized spacial score (nSPS) is 13.4. The summed E-state index contributed by atoms with van der Waals surface area (Å²) in [6.07, 6.45) is -1.07. The third-order valence-corrected chi connectivity index (χ3v) is 2.19. The van der Waals surface area contributed by atoms with Crippen molar-refractivity contribution in [2.75, 3.05) is 0 Å². The van der Waals surface area contributed by atoms with E-state index >= 15 is 0 Å². The van der Waals surface area contributed by atoms with E-state index in [9.17, 15) is 19.2 Å². The van der Waals surface area contributed by atoms with Gasteiger partial charge in [0, 0.05) is 12.3 Å². The summed E-state index contributed by atoms with van der Waals surface area (Å²) in [5.74, 6) is -5.30. The van der Waals surface area contributed by atoms with Gasteiger partial charge in [-0.3, -0.25) is 14.4 Å². The first kappa shape index (κ1) is 15.9. The van der Waals surface area contributed by atoms with Crippen LogP contribution in [0.4, 0.5) is 0 Å². The predicted molar refractivity (Wildman–Crippen MR) is 57.9 cm³/mol. The molecular weight excluding hydrogens is 246 g/mol. The first-order valence-corrected chi connectivity index (χ1v) is 5.20. The molecule has 0 aliphatic carbocycles. The molecule has 0 saturated heterocycles. The number of nitrogens with one attached hydrogen (secondary N) is 1. The zero-order valence-electron chi connectivity index (χ0n) is 9.75. The number of amides is 1. The highest BCUT2D eigenvalue weighted by molar-refractivity contribution is 5.87. The van der Waals surface area contributed by atoms with Crippen molar-refractivity contribution >= 4 is 23.8 Å². The van der Waals surface area contributed by atoms with Gasteiger partial charge in [-0.25, -0.2) is 4.79 Å². The van der Waals surface area contributed by atoms with Gasteiger partial charge in [-0.2, -0.15) is 0 Å². The van der Waals surface area contributed by atoms with Gasteiger partial charge in [0.2, 0.25) is 5.91 Å². The van der Waals surface area contributed by atoms with Crippen LogP contribution in [0, 0.1) is 5.92 Å². The Morgan fingerprint density at radius 1 is 1.06 bits per heavy atom. The van der Waals surface area contributed by atoms with Crippen LogP contribution in [-0.4, -0.2) is 45.2 Å². The van der Waals surface area contributed by atoms with Gasteiger partial charge >= 0.3 is 17.9 Å². The Morgan fingerprint density at radius 3 is 2.00 bits per heavy atom. The molecule has 18 heavy (non-hydrogen) atoms. The third-order valence-electron chi connectivity index (χ3n) is 2.19. The van der Waals surface area contributed by atoms with Crippen LogP contribution in [0.1, 0.15) is 26.2 Å². The molecule has 0 aromatic carbocycles. The van der Waals surface area contributed by atoms with Crippen LogP contribution >= 0.6 is 0 Å². The fourth-order valence-corrected chi connectivity index (χ4v) is 1.19. The Labute approximate surface area is 103 Å². The summed E-state index contributed by atoms with van der Waals surface area (Å²) in [7, 11) is 0. The second kappa shape index (κ2) is 7.25. The summed E-state index contributed by atoms with van der Waals surface area (Å²) in [4.78, 5) is 42.9. The molecule has 0 fully saturated rings. The molecule has 0 saturated carbocycles. The number of carbonyl (C=O) groups is 4. The van der Waals surface area contributed by atoms with E-state index in [1.165, 1.54) is 6.92 Å². The van der Waals surface area contributed by atoms with E-state index in [2.05, 4.69) is 5.32 Å². The van der Waals surface area contributed by atoms with Gasteiger partial charge < -0.3 is 20.6 Å². The molecule has 0 bridgehead atoms. The van der Waals surface area contributed by atoms with Crippen LogP contribution in [0.5, 0.6) is 0 Å². The highest BCUT2D eigenvalue weighted by Gasteiger charge is 2.24. The van der Waals surface area contributed by atoms with Crippen LogP contribution in [0.2, 0.25) is 0 Å². The van der Waals surface area contributed by atoms with Crippen molar-refractivity contribution in [3.63, 3.8) is 0 Å². The van der Waals surface area contributed by atoms with Crippen molar-refractivity contribution in [3.8, 4) is 0 Å². The van der Waals surface area contributed by atoms with Crippen molar-refractivity contribution in [2.24, 2.45) is 5.92 Å². The third kappa shape index (κ3) is 6.46. The lowest BCUT2D eigenvalue weighted by molar-refractivity contribution is -0.144. The quantitative estimate of drug-likeness (QED) is 0.462. The summed E-state index contributed by atoms with van der Waals surface area (Å²) in [5, 5.41) is 27.8. The zero-order valence-corrected chi connectivity index (χ0v) is 9.75. The molecule has 8 nitrogen and oxygen atoms in total. The van der Waals surface area contributed by atoms with Crippen molar-refractivity contribution in [1.29, 1.82) is 0 Å². The molecule has 0 radical (unpaired) electrons. The topological polar surface area (TPSA) is 141 Å². The van der Waals surface area contributed by atoms with Crippen molar-refractivity contribution in [1.82, 2.24) is 5.32 Å². The van der Waals surface area contributed by atoms with Gasteiger partial charge in [0.05, 0.1) is 6.42 Å². The lowest BCUT2D eigenvalue weighted by Gasteiger charge is -2.16. The average molecular weight is 261 g/mol. The number of carboxylic acid groups (broad SMARTS) is 3. The Morgan fingerprint density at radius 2 is 1.61 bits per heavy atom. The van der Waals surface area contributed by atoms with Crippen molar-refractivity contribution in [3.05, 3.63) is 0 Å². The van der Waals surface area contributed by atoms with E-state index in [0.717, 1.165) is 0 Å². The van der Waals surface area contributed by atoms with Crippen molar-refractivity contribution in [2.45, 2.75) is 32.2 Å². The molecular formula is C10H15NO7. The fraction of sp³-hybridized carbons (Fsp3) is 0.600. The highest BCUT2D eigenvalue weighted by atomic mass is 16.4. The summed E-state index contributed by atoms with van der Waals surface area (Å²) in [6.45, 7) is 1.35. The monoisotopic (exact) mass is 261 g/mol. The summed E-state index contributed by atoms with van der Waals surface area (Å²) in [6, 6.07) is -1.33. The van der Waals surface area contributed by atoms with Gasteiger partial charge in [-0.1, -0.05) is 6.92 Å². The lowest BCUT2D eigenvalue weighted by atomic mass is 10.1. The van der Waals surface area contributed by atoms with Crippen LogP contribution in [0.25, 0.3) is 0 Å². The fourth-order valence-electron chi connectivity index (χ4n) is 1.19. The highest BCUT2D eigenvalue weighted by Crippen LogP contribution is 2.05. The maximum absolute atomic E-state index is 11.5. The second-order valence-electron chi connectivity index (χ2n) is 3.83. The summed E-state index contributed by atoms with van der Waals surface area (Å²) < 4.78 is 0. The molecule has 2 atom stereocenters. The van der Waals surface area contributed by atoms with Crippen molar-refractivity contribution < 1.29 is 34.5 Å². The van der Waals surface area contributed by atoms with E-state index in [0.29, 0.717) is 0 Å². The van der Waals surface area contributed by atoms with Crippen LogP contribution in [0.3, 0.4) is 0 Å². The largest absolute Gasteiger partial charge is 0.481 e. The van der Waals surface area contributed by atoms with Gasteiger partial charge in [-0.15, -0.1) is 0 Å². The molecule has 8 heteroatoms. The minimum Gasteiger partial charge on any atom is -0.481 e. The Hall–Kier alpha value is -2.12. The van der Waals surface area contributed by atoms with Gasteiger partial charge in [-0.05, 0) is 6.42 Å². The molecule has 0 spiro atoms. The molecule has 102 valence electrons. The minimum absolute atomic E-state index is 0.254. The zero-order chi connectivity index (χ0) is 14.3. The summed E-state index contributed by atoms with van der Waals surface area (Å²) >= 11 is 0. The Kier molecular flexibility index (Phi) is 6.40. The maximum Gasteiger partial charge on any atom is 0.326 e. The molecule has 4 N–H and O–H groups in total. The van der Waals surface area contributed by atoms with Gasteiger partial charge in [0.1, 0.15) is 6.04 Å². The van der Waals surface area contributed by atoms with E-state index in [-0.39, 0.29) is 6.42 Å². The second-order valence-corrected chi connectivity index (χ2v) is 3.83. The molecule has 0 aliphatic rings. The van der Waals surface area contributed by atoms with E-state index < -0.39 is 48.6 Å². The number of aliphatic carboxylic acids is 3. The van der Waals surface area contributed by atoms with E-state index in [1.54, 1.807) is 0 Å². The molecule has 0 heterocycles. The SMILES string of the molecule is C[C@@H](CC(=O)O)C(=O)N[C@H](CCC(=O)O)C(=O)O. The van der Waals surface area contributed by atoms with Gasteiger partial charge in [0.15, 0.2) is 0 Å². The molecule has 0 unspecified atom stereocenters. The first-order valence-electron chi connectivity index (χ1n) is 5.20. The number of hydrogen-bond donors (Lipinski definition) is 4. The Bertz CT molecular complexity index is 352. The van der Waals surface area contributed by atoms with E-state index in [1.807, 2.05) is 0 Å². The Balaban J connectivity index is 4.40. The number of carbonyl (C=O) groups excluding carboxylic acids is 1. The predicted octanol–water partition coefficient (Wildman–Crippen LogP) is -0.469. The number of carboxylic acids is 3. The minimum atomic E-state index is -1.35. The number of rotatable bonds is 8. The van der Waals surface area contributed by atoms with E-state index in [4.69, 9.17) is 15.3 Å². The molecule has 0 aromatic heterocycles. The lowest BCUT2D eigenvalue weighted by Crippen LogP contribution is -2.43. The smallest absolute Gasteiger partial charge is 0.326 e. The molecule has 1 amide bonds. The summed E-state index contributed by atoms with van der Waals surface area (Å²) in [5.41, 5.74) is 0. The van der Waals surface area contributed by atoms with Crippen LogP contribution < -0.4 is 5.32 Å². The average Bonchev–Trinajstić information content (AvgIpc) is 2.21. The van der Waals surface area contributed by atoms with Crippen LogP contribution in [0.15, 0.2) is 0 Å². The number of hydrogen-bond acceptors (Lipinski definition) is 4. The maximum atomic E-state index is 11.5. The molecule has 0 aliphatic heterocycles. The molecule has 0 rings (SSSR count). The van der Waals surface area contributed by atoms with Crippen LogP contribution in [-0.2, 0) is 19.2 Å².